The van der Waals surface area contributed by atoms with E-state index in [9.17, 15) is 5.02 Å². The molecule has 0 amide bonds. The molecule has 0 aliphatic carbocycles. The van der Waals surface area contributed by atoms with Crippen molar-refractivity contribution < 1.29 is 5.02 Å². The fourth-order valence-corrected chi connectivity index (χ4v) is 3.75. The molecule has 1 N–H and O–H groups in total. The lowest BCUT2D eigenvalue weighted by molar-refractivity contribution is 0.0442. The summed E-state index contributed by atoms with van der Waals surface area (Å²) in [5.41, 5.74) is 1.91. The maximum absolute atomic E-state index is 9.65. The maximum atomic E-state index is 9.65. The SMILES string of the molecule is CB(O)N1CCC(C)(N2CCC(=C(C)Br)CC2)CC1. The highest BCUT2D eigenvalue weighted by Crippen LogP contribution is 2.33. The van der Waals surface area contributed by atoms with Gasteiger partial charge in [-0.05, 0) is 63.9 Å². The highest BCUT2D eigenvalue weighted by Gasteiger charge is 2.37. The second kappa shape index (κ2) is 6.29. The maximum Gasteiger partial charge on any atom is 0.376 e. The van der Waals surface area contributed by atoms with Gasteiger partial charge in [-0.1, -0.05) is 21.5 Å². The van der Waals surface area contributed by atoms with Crippen molar-refractivity contribution in [3.8, 4) is 0 Å². The van der Waals surface area contributed by atoms with Gasteiger partial charge < -0.3 is 9.83 Å². The average molecular weight is 329 g/mol. The Kier molecular flexibility index (Phi) is 5.15. The number of likely N-dealkylation sites (tertiary alicyclic amines) is 1. The van der Waals surface area contributed by atoms with E-state index in [0.717, 1.165) is 13.1 Å². The van der Waals surface area contributed by atoms with E-state index in [2.05, 4.69) is 39.5 Å². The number of allylic oxidation sites excluding steroid dienone is 1. The van der Waals surface area contributed by atoms with Crippen molar-refractivity contribution in [2.24, 2.45) is 0 Å². The van der Waals surface area contributed by atoms with Gasteiger partial charge in [-0.2, -0.15) is 0 Å². The zero-order chi connectivity index (χ0) is 14.0. The van der Waals surface area contributed by atoms with Crippen LogP contribution in [-0.4, -0.2) is 53.5 Å². The van der Waals surface area contributed by atoms with Gasteiger partial charge in [0.2, 0.25) is 0 Å². The van der Waals surface area contributed by atoms with E-state index in [0.29, 0.717) is 5.54 Å². The molecule has 2 heterocycles. The minimum absolute atomic E-state index is 0.295. The molecule has 0 aromatic carbocycles. The Hall–Kier alpha value is 0.165. The smallest absolute Gasteiger partial charge is 0.376 e. The molecule has 2 saturated heterocycles. The third-order valence-corrected chi connectivity index (χ3v) is 5.58. The molecule has 2 aliphatic rings. The lowest BCUT2D eigenvalue weighted by Gasteiger charge is -2.49. The summed E-state index contributed by atoms with van der Waals surface area (Å²) < 4.78 is 1.33. The molecule has 0 bridgehead atoms. The minimum Gasteiger partial charge on any atom is -0.437 e. The van der Waals surface area contributed by atoms with E-state index in [1.54, 1.807) is 5.57 Å². The van der Waals surface area contributed by atoms with Crippen LogP contribution >= 0.6 is 15.9 Å². The molecule has 108 valence electrons. The molecule has 0 spiro atoms. The summed E-state index contributed by atoms with van der Waals surface area (Å²) in [7, 11) is -0.295. The molecule has 0 radical (unpaired) electrons. The Bertz CT molecular complexity index is 337. The van der Waals surface area contributed by atoms with Gasteiger partial charge in [-0.3, -0.25) is 4.90 Å². The minimum atomic E-state index is -0.295. The van der Waals surface area contributed by atoms with E-state index in [-0.39, 0.29) is 7.05 Å². The number of piperidine rings is 2. The zero-order valence-corrected chi connectivity index (χ0v) is 14.0. The van der Waals surface area contributed by atoms with E-state index in [4.69, 9.17) is 0 Å². The summed E-state index contributed by atoms with van der Waals surface area (Å²) in [4.78, 5) is 4.85. The summed E-state index contributed by atoms with van der Waals surface area (Å²) >= 11 is 3.62. The summed E-state index contributed by atoms with van der Waals surface area (Å²) in [6, 6.07) is 0. The number of nitrogens with zero attached hydrogens (tertiary/aromatic N) is 2. The first-order chi connectivity index (χ1) is 8.92. The van der Waals surface area contributed by atoms with Gasteiger partial charge in [0.05, 0.1) is 0 Å². The van der Waals surface area contributed by atoms with Crippen LogP contribution in [0, 0.1) is 0 Å². The van der Waals surface area contributed by atoms with Crippen LogP contribution in [0.5, 0.6) is 0 Å². The van der Waals surface area contributed by atoms with Gasteiger partial charge in [-0.15, -0.1) is 0 Å². The third-order valence-electron chi connectivity index (χ3n) is 5.02. The fraction of sp³-hybridized carbons (Fsp3) is 0.857. The topological polar surface area (TPSA) is 26.7 Å². The van der Waals surface area contributed by atoms with Crippen molar-refractivity contribution in [1.82, 2.24) is 9.71 Å². The summed E-state index contributed by atoms with van der Waals surface area (Å²) in [5.74, 6) is 0. The Labute approximate surface area is 126 Å². The number of halogens is 1. The lowest BCUT2D eigenvalue weighted by atomic mass is 9.78. The Morgan fingerprint density at radius 3 is 2.16 bits per heavy atom. The normalized spacial score (nSPS) is 25.4. The molecule has 5 heteroatoms. The highest BCUT2D eigenvalue weighted by molar-refractivity contribution is 9.11. The van der Waals surface area contributed by atoms with Gasteiger partial charge in [0.15, 0.2) is 0 Å². The van der Waals surface area contributed by atoms with Crippen LogP contribution in [0.15, 0.2) is 10.1 Å². The van der Waals surface area contributed by atoms with Gasteiger partial charge in [0.1, 0.15) is 0 Å². The Morgan fingerprint density at radius 2 is 1.74 bits per heavy atom. The molecule has 0 aromatic heterocycles. The van der Waals surface area contributed by atoms with Crippen LogP contribution in [0.2, 0.25) is 6.82 Å². The third kappa shape index (κ3) is 3.63. The Morgan fingerprint density at radius 1 is 1.21 bits per heavy atom. The largest absolute Gasteiger partial charge is 0.437 e. The van der Waals surface area contributed by atoms with Crippen molar-refractivity contribution in [3.05, 3.63) is 10.1 Å². The van der Waals surface area contributed by atoms with Crippen molar-refractivity contribution in [3.63, 3.8) is 0 Å². The lowest BCUT2D eigenvalue weighted by Crippen LogP contribution is -2.57. The molecule has 0 saturated carbocycles. The first-order valence-corrected chi connectivity index (χ1v) is 8.23. The first kappa shape index (κ1) is 15.6. The van der Waals surface area contributed by atoms with Crippen LogP contribution in [0.4, 0.5) is 0 Å². The van der Waals surface area contributed by atoms with Crippen LogP contribution in [0.3, 0.4) is 0 Å². The van der Waals surface area contributed by atoms with Crippen LogP contribution < -0.4 is 0 Å². The van der Waals surface area contributed by atoms with Crippen molar-refractivity contribution in [2.45, 2.75) is 51.9 Å². The van der Waals surface area contributed by atoms with E-state index < -0.39 is 0 Å². The number of rotatable bonds is 2. The van der Waals surface area contributed by atoms with Crippen LogP contribution in [0.25, 0.3) is 0 Å². The highest BCUT2D eigenvalue weighted by atomic mass is 79.9. The Balaban J connectivity index is 1.91. The first-order valence-electron chi connectivity index (χ1n) is 7.44. The van der Waals surface area contributed by atoms with Crippen LogP contribution in [0.1, 0.15) is 39.5 Å². The van der Waals surface area contributed by atoms with Crippen molar-refractivity contribution in [2.75, 3.05) is 26.2 Å². The van der Waals surface area contributed by atoms with E-state index in [1.807, 2.05) is 6.82 Å². The predicted octanol–water partition coefficient (Wildman–Crippen LogP) is 2.72. The van der Waals surface area contributed by atoms with E-state index >= 15 is 0 Å². The monoisotopic (exact) mass is 328 g/mol. The van der Waals surface area contributed by atoms with Crippen LogP contribution in [-0.2, 0) is 0 Å². The molecule has 2 rings (SSSR count). The molecule has 2 fully saturated rings. The van der Waals surface area contributed by atoms with Gasteiger partial charge in [-0.25, -0.2) is 0 Å². The average Bonchev–Trinajstić information content (AvgIpc) is 2.39. The zero-order valence-electron chi connectivity index (χ0n) is 12.5. The summed E-state index contributed by atoms with van der Waals surface area (Å²) in [6.07, 6.45) is 4.74. The molecular weight excluding hydrogens is 303 g/mol. The quantitative estimate of drug-likeness (QED) is 0.789. The molecule has 0 aromatic rings. The standard InChI is InChI=1S/C14H26BBrN2O/c1-12(16)13-4-8-17(9-5-13)14(2)6-10-18(11-7-14)15(3)19/h19H,4-11H2,1-3H3. The predicted molar refractivity (Wildman–Crippen MR) is 85.5 cm³/mol. The van der Waals surface area contributed by atoms with Gasteiger partial charge >= 0.3 is 7.05 Å². The van der Waals surface area contributed by atoms with Gasteiger partial charge in [0, 0.05) is 18.6 Å². The second-order valence-electron chi connectivity index (χ2n) is 6.29. The van der Waals surface area contributed by atoms with Crippen molar-refractivity contribution >= 4 is 23.0 Å². The summed E-state index contributed by atoms with van der Waals surface area (Å²) in [6.45, 7) is 10.8. The number of hydrogen-bond donors (Lipinski definition) is 1. The molecular formula is C14H26BBrN2O. The molecule has 2 aliphatic heterocycles. The van der Waals surface area contributed by atoms with Gasteiger partial charge in [0.25, 0.3) is 0 Å². The molecule has 0 atom stereocenters. The summed E-state index contributed by atoms with van der Waals surface area (Å²) in [5, 5.41) is 9.65. The number of hydrogen-bond acceptors (Lipinski definition) is 3. The van der Waals surface area contributed by atoms with E-state index in [1.165, 1.54) is 43.3 Å². The molecule has 3 nitrogen and oxygen atoms in total. The fourth-order valence-electron chi connectivity index (χ4n) is 3.36. The second-order valence-corrected chi connectivity index (χ2v) is 7.48. The molecule has 19 heavy (non-hydrogen) atoms. The molecule has 0 unspecified atom stereocenters. The van der Waals surface area contributed by atoms with Crippen molar-refractivity contribution in [1.29, 1.82) is 0 Å².